The van der Waals surface area contributed by atoms with E-state index in [2.05, 4.69) is 0 Å². The van der Waals surface area contributed by atoms with Gasteiger partial charge in [0, 0.05) is 6.92 Å². The number of Topliss-reactive ketones (excluding diaryl/α,β-unsaturated/α-hetero) is 1. The molecule has 0 unspecified atom stereocenters. The first-order chi connectivity index (χ1) is 2.64. The van der Waals surface area contributed by atoms with Crippen LogP contribution >= 0.6 is 0 Å². The highest BCUT2D eigenvalue weighted by Crippen LogP contribution is 1.61. The molecule has 0 amide bonds. The molecule has 0 aliphatic rings. The zero-order chi connectivity index (χ0) is 5.15. The molecule has 3 nitrogen and oxygen atoms in total. The molecule has 34 valence electrons. The fourth-order valence-corrected chi connectivity index (χ4v) is 0. The Labute approximate surface area is 34.6 Å². The van der Waals surface area contributed by atoms with Crippen molar-refractivity contribution in [3.63, 3.8) is 0 Å². The molecule has 0 bridgehead atoms. The van der Waals surface area contributed by atoms with Crippen LogP contribution in [0.15, 0.2) is 0 Å². The van der Waals surface area contributed by atoms with Gasteiger partial charge in [0.05, 0.1) is 0 Å². The Morgan fingerprint density at radius 1 is 1.50 bits per heavy atom. The third-order valence-corrected chi connectivity index (χ3v) is 0.301. The topological polar surface area (TPSA) is 54.4 Å². The molecular weight excluding hydrogens is 86.0 g/mol. The van der Waals surface area contributed by atoms with Crippen LogP contribution in [0.25, 0.3) is 0 Å². The van der Waals surface area contributed by atoms with Crippen molar-refractivity contribution in [1.29, 1.82) is 0 Å². The second kappa shape index (κ2) is 1.55. The zero-order valence-corrected chi connectivity index (χ0v) is 3.26. The maximum Gasteiger partial charge on any atom is 0.371 e. The molecule has 0 spiro atoms. The van der Waals surface area contributed by atoms with Gasteiger partial charge in [-0.05, 0) is 0 Å². The van der Waals surface area contributed by atoms with Gasteiger partial charge < -0.3 is 5.11 Å². The van der Waals surface area contributed by atoms with Gasteiger partial charge in [-0.2, -0.15) is 0 Å². The van der Waals surface area contributed by atoms with Crippen LogP contribution in [0.2, 0.25) is 0 Å². The van der Waals surface area contributed by atoms with Crippen LogP contribution in [-0.2, 0) is 9.59 Å². The SMILES string of the molecule is [13CH3]C(=O)[13C](=O)O. The fourth-order valence-electron chi connectivity index (χ4n) is 0. The Morgan fingerprint density at radius 2 is 1.67 bits per heavy atom. The molecule has 0 saturated heterocycles. The Balaban J connectivity index is 3.57. The van der Waals surface area contributed by atoms with E-state index in [9.17, 15) is 9.59 Å². The summed E-state index contributed by atoms with van der Waals surface area (Å²) in [5.41, 5.74) is 0. The minimum Gasteiger partial charge on any atom is -0.476 e. The maximum absolute atomic E-state index is 9.54. The third-order valence-electron chi connectivity index (χ3n) is 0.301. The number of rotatable bonds is 1. The molecular formula is C3H4O3. The number of aliphatic carboxylic acids is 1. The quantitative estimate of drug-likeness (QED) is 0.354. The van der Waals surface area contributed by atoms with Gasteiger partial charge in [0.25, 0.3) is 0 Å². The lowest BCUT2D eigenvalue weighted by atomic mass is 10.9. The lowest BCUT2D eigenvalue weighted by molar-refractivity contribution is -0.148. The second-order valence-corrected chi connectivity index (χ2v) is 0.861. The van der Waals surface area contributed by atoms with E-state index in [0.717, 1.165) is 6.92 Å². The van der Waals surface area contributed by atoms with Gasteiger partial charge in [0.2, 0.25) is 5.78 Å². The lowest BCUT2D eigenvalue weighted by Gasteiger charge is -1.73. The minimum absolute atomic E-state index is 0.824. The number of carbonyl (C=O) groups excluding carboxylic acids is 1. The van der Waals surface area contributed by atoms with Crippen LogP contribution in [0.1, 0.15) is 6.92 Å². The molecule has 0 fully saturated rings. The molecule has 0 rings (SSSR count). The number of carbonyl (C=O) groups is 2. The molecule has 0 radical (unpaired) electrons. The van der Waals surface area contributed by atoms with Crippen LogP contribution < -0.4 is 0 Å². The molecule has 0 atom stereocenters. The molecule has 6 heavy (non-hydrogen) atoms. The van der Waals surface area contributed by atoms with Gasteiger partial charge in [-0.3, -0.25) is 4.79 Å². The average Bonchev–Trinajstić information content (AvgIpc) is 1.36. The zero-order valence-electron chi connectivity index (χ0n) is 3.26. The van der Waals surface area contributed by atoms with Crippen molar-refractivity contribution in [3.8, 4) is 0 Å². The first-order valence-electron chi connectivity index (χ1n) is 1.38. The smallest absolute Gasteiger partial charge is 0.371 e. The highest BCUT2D eigenvalue weighted by molar-refractivity contribution is 6.31. The molecule has 0 aromatic heterocycles. The molecule has 1 N–H and O–H groups in total. The van der Waals surface area contributed by atoms with E-state index in [1.807, 2.05) is 0 Å². The maximum atomic E-state index is 9.54. The van der Waals surface area contributed by atoms with E-state index in [0.29, 0.717) is 0 Å². The highest BCUT2D eigenvalue weighted by Gasteiger charge is 1.98. The van der Waals surface area contributed by atoms with E-state index < -0.39 is 11.8 Å². The van der Waals surface area contributed by atoms with Crippen molar-refractivity contribution in [2.24, 2.45) is 0 Å². The Morgan fingerprint density at radius 3 is 1.67 bits per heavy atom. The molecule has 0 aromatic rings. The summed E-state index contributed by atoms with van der Waals surface area (Å²) in [4.78, 5) is 18.9. The van der Waals surface area contributed by atoms with Crippen molar-refractivity contribution in [1.82, 2.24) is 0 Å². The first kappa shape index (κ1) is 5.14. The Hall–Kier alpha value is -0.860. The van der Waals surface area contributed by atoms with Gasteiger partial charge in [0.1, 0.15) is 0 Å². The predicted octanol–water partition coefficient (Wildman–Crippen LogP) is -0.340. The second-order valence-electron chi connectivity index (χ2n) is 0.861. The average molecular weight is 90.0 g/mol. The highest BCUT2D eigenvalue weighted by atomic mass is 16.5. The number of ketones is 1. The number of carboxylic acids is 1. The molecule has 0 heterocycles. The van der Waals surface area contributed by atoms with Crippen molar-refractivity contribution in [2.75, 3.05) is 0 Å². The third kappa shape index (κ3) is 1.46. The lowest BCUT2D eigenvalue weighted by Crippen LogP contribution is -2.05. The molecule has 0 saturated carbocycles. The summed E-state index contributed by atoms with van der Waals surface area (Å²) in [5, 5.41) is 7.64. The van der Waals surface area contributed by atoms with Crippen LogP contribution in [0, 0.1) is 0 Å². The molecule has 0 aliphatic carbocycles. The first-order valence-corrected chi connectivity index (χ1v) is 1.38. The Kier molecular flexibility index (Phi) is 1.32. The summed E-state index contributed by atoms with van der Waals surface area (Å²) >= 11 is 0. The summed E-state index contributed by atoms with van der Waals surface area (Å²) in [5.74, 6) is -2.20. The fraction of sp³-hybridized carbons (Fsp3) is 0.333. The van der Waals surface area contributed by atoms with Crippen molar-refractivity contribution in [2.45, 2.75) is 6.92 Å². The standard InChI is InChI=1S/C3H4O3/c1-2(4)3(5)6/h1H3,(H,5,6)/i1+1,3+1. The summed E-state index contributed by atoms with van der Waals surface area (Å²) in [6, 6.07) is 0. The number of hydrogen-bond donors (Lipinski definition) is 1. The van der Waals surface area contributed by atoms with Gasteiger partial charge >= 0.3 is 5.97 Å². The predicted molar refractivity (Wildman–Crippen MR) is 18.3 cm³/mol. The van der Waals surface area contributed by atoms with Crippen LogP contribution in [0.4, 0.5) is 0 Å². The summed E-state index contributed by atoms with van der Waals surface area (Å²) in [6.45, 7) is 1.00. The molecule has 0 aromatic carbocycles. The van der Waals surface area contributed by atoms with Crippen LogP contribution in [-0.4, -0.2) is 16.9 Å². The van der Waals surface area contributed by atoms with E-state index in [4.69, 9.17) is 5.11 Å². The van der Waals surface area contributed by atoms with Crippen molar-refractivity contribution >= 4 is 11.8 Å². The normalized spacial score (nSPS) is 7.50. The van der Waals surface area contributed by atoms with E-state index in [1.165, 1.54) is 0 Å². The van der Waals surface area contributed by atoms with Gasteiger partial charge in [-0.25, -0.2) is 4.79 Å². The van der Waals surface area contributed by atoms with Gasteiger partial charge in [0.15, 0.2) is 0 Å². The molecule has 0 aliphatic heterocycles. The number of hydrogen-bond acceptors (Lipinski definition) is 2. The van der Waals surface area contributed by atoms with E-state index in [1.54, 1.807) is 0 Å². The van der Waals surface area contributed by atoms with E-state index >= 15 is 0 Å². The summed E-state index contributed by atoms with van der Waals surface area (Å²) in [6.07, 6.45) is 0. The molecule has 3 heteroatoms. The van der Waals surface area contributed by atoms with Crippen molar-refractivity contribution < 1.29 is 14.7 Å². The summed E-state index contributed by atoms with van der Waals surface area (Å²) in [7, 11) is 0. The summed E-state index contributed by atoms with van der Waals surface area (Å²) < 4.78 is 0. The van der Waals surface area contributed by atoms with Crippen LogP contribution in [0.3, 0.4) is 0 Å². The Bertz CT molecular complexity index is 72.0. The number of carboxylic acid groups (broad SMARTS) is 1. The van der Waals surface area contributed by atoms with Gasteiger partial charge in [-0.1, -0.05) is 0 Å². The minimum atomic E-state index is -1.38. The van der Waals surface area contributed by atoms with Crippen molar-refractivity contribution in [3.05, 3.63) is 0 Å². The largest absolute Gasteiger partial charge is 0.476 e. The van der Waals surface area contributed by atoms with Gasteiger partial charge in [-0.15, -0.1) is 0 Å². The van der Waals surface area contributed by atoms with Crippen LogP contribution in [0.5, 0.6) is 0 Å². The monoisotopic (exact) mass is 90.0 g/mol. The van der Waals surface area contributed by atoms with E-state index in [-0.39, 0.29) is 0 Å².